The summed E-state index contributed by atoms with van der Waals surface area (Å²) in [6.45, 7) is 1.76. The zero-order valence-corrected chi connectivity index (χ0v) is 12.9. The fraction of sp³-hybridized carbons (Fsp3) is 0.500. The number of nitrogens with one attached hydrogen (secondary N) is 2. The zero-order chi connectivity index (χ0) is 15.6. The van der Waals surface area contributed by atoms with E-state index in [0.29, 0.717) is 6.04 Å². The van der Waals surface area contributed by atoms with Crippen molar-refractivity contribution in [3.63, 3.8) is 0 Å². The highest BCUT2D eigenvalue weighted by Gasteiger charge is 2.28. The number of rotatable bonds is 4. The molecule has 0 spiro atoms. The Bertz CT molecular complexity index is 702. The van der Waals surface area contributed by atoms with Crippen LogP contribution in [0.15, 0.2) is 24.3 Å². The number of tetrazole rings is 1. The molecule has 2 heterocycles. The van der Waals surface area contributed by atoms with Crippen LogP contribution in [-0.4, -0.2) is 39.2 Å². The standard InChI is InChI=1S/C16H20N6O/c23-16(12-4-2-8-17-10-12)18-13-5-1-3-11(9-13)15-19-20-21-22(15)14-6-7-14/h1,3,5,9,12,14,17H,2,4,6-8,10H2,(H,18,23). The Kier molecular flexibility index (Phi) is 3.78. The Morgan fingerprint density at radius 2 is 2.22 bits per heavy atom. The molecule has 1 aliphatic carbocycles. The number of carbonyl (C=O) groups is 1. The molecule has 2 fully saturated rings. The summed E-state index contributed by atoms with van der Waals surface area (Å²) in [4.78, 5) is 12.4. The van der Waals surface area contributed by atoms with Gasteiger partial charge in [-0.05, 0) is 54.8 Å². The molecule has 1 aromatic carbocycles. The third-order valence-electron chi connectivity index (χ3n) is 4.44. The summed E-state index contributed by atoms with van der Waals surface area (Å²) in [5.74, 6) is 0.892. The van der Waals surface area contributed by atoms with Crippen LogP contribution in [0.2, 0.25) is 0 Å². The predicted octanol–water partition coefficient (Wildman–Crippen LogP) is 1.61. The molecule has 0 bridgehead atoms. The smallest absolute Gasteiger partial charge is 0.228 e. The van der Waals surface area contributed by atoms with Gasteiger partial charge in [-0.15, -0.1) is 5.10 Å². The van der Waals surface area contributed by atoms with Gasteiger partial charge in [-0.3, -0.25) is 4.79 Å². The van der Waals surface area contributed by atoms with Crippen molar-refractivity contribution in [1.29, 1.82) is 0 Å². The second-order valence-electron chi connectivity index (χ2n) is 6.29. The molecule has 7 nitrogen and oxygen atoms in total. The molecule has 2 aliphatic rings. The lowest BCUT2D eigenvalue weighted by Gasteiger charge is -2.22. The van der Waals surface area contributed by atoms with Crippen LogP contribution < -0.4 is 10.6 Å². The molecule has 7 heteroatoms. The highest BCUT2D eigenvalue weighted by Crippen LogP contribution is 2.36. The summed E-state index contributed by atoms with van der Waals surface area (Å²) < 4.78 is 1.88. The first kappa shape index (κ1) is 14.3. The summed E-state index contributed by atoms with van der Waals surface area (Å²) in [7, 11) is 0. The van der Waals surface area contributed by atoms with Crippen molar-refractivity contribution in [2.45, 2.75) is 31.7 Å². The minimum atomic E-state index is 0.0455. The van der Waals surface area contributed by atoms with E-state index in [-0.39, 0.29) is 11.8 Å². The molecule has 2 aromatic rings. The molecular weight excluding hydrogens is 292 g/mol. The van der Waals surface area contributed by atoms with Crippen molar-refractivity contribution in [3.8, 4) is 11.4 Å². The number of hydrogen-bond donors (Lipinski definition) is 2. The van der Waals surface area contributed by atoms with Gasteiger partial charge in [0.2, 0.25) is 5.91 Å². The quantitative estimate of drug-likeness (QED) is 0.896. The number of carbonyl (C=O) groups excluding carboxylic acids is 1. The molecule has 1 aromatic heterocycles. The van der Waals surface area contributed by atoms with Gasteiger partial charge >= 0.3 is 0 Å². The van der Waals surface area contributed by atoms with E-state index in [2.05, 4.69) is 26.2 Å². The second-order valence-corrected chi connectivity index (χ2v) is 6.29. The molecule has 4 rings (SSSR count). The molecule has 1 amide bonds. The summed E-state index contributed by atoms with van der Waals surface area (Å²) in [6.07, 6.45) is 4.25. The van der Waals surface area contributed by atoms with Crippen molar-refractivity contribution >= 4 is 11.6 Å². The number of amides is 1. The van der Waals surface area contributed by atoms with E-state index >= 15 is 0 Å². The van der Waals surface area contributed by atoms with Crippen LogP contribution in [0.1, 0.15) is 31.7 Å². The lowest BCUT2D eigenvalue weighted by molar-refractivity contribution is -0.120. The van der Waals surface area contributed by atoms with Crippen LogP contribution in [-0.2, 0) is 4.79 Å². The van der Waals surface area contributed by atoms with Gasteiger partial charge in [-0.1, -0.05) is 12.1 Å². The van der Waals surface area contributed by atoms with Crippen LogP contribution in [0.5, 0.6) is 0 Å². The Labute approximate surface area is 134 Å². The Hall–Kier alpha value is -2.28. The van der Waals surface area contributed by atoms with E-state index in [1.165, 1.54) is 0 Å². The van der Waals surface area contributed by atoms with Gasteiger partial charge in [0.05, 0.1) is 12.0 Å². The van der Waals surface area contributed by atoms with Crippen LogP contribution in [0, 0.1) is 5.92 Å². The Morgan fingerprint density at radius 1 is 1.30 bits per heavy atom. The third kappa shape index (κ3) is 3.10. The normalized spacial score (nSPS) is 21.1. The molecule has 1 atom stereocenters. The number of nitrogens with zero attached hydrogens (tertiary/aromatic N) is 4. The minimum absolute atomic E-state index is 0.0455. The zero-order valence-electron chi connectivity index (χ0n) is 12.9. The number of hydrogen-bond acceptors (Lipinski definition) is 5. The summed E-state index contributed by atoms with van der Waals surface area (Å²) in [6, 6.07) is 8.17. The maximum absolute atomic E-state index is 12.4. The van der Waals surface area contributed by atoms with E-state index in [9.17, 15) is 4.79 Å². The van der Waals surface area contributed by atoms with Gasteiger partial charge in [-0.2, -0.15) is 0 Å². The van der Waals surface area contributed by atoms with E-state index < -0.39 is 0 Å². The maximum Gasteiger partial charge on any atom is 0.228 e. The van der Waals surface area contributed by atoms with Crippen LogP contribution >= 0.6 is 0 Å². The van der Waals surface area contributed by atoms with E-state index in [0.717, 1.165) is 55.8 Å². The van der Waals surface area contributed by atoms with Crippen LogP contribution in [0.25, 0.3) is 11.4 Å². The average Bonchev–Trinajstić information content (AvgIpc) is 3.32. The van der Waals surface area contributed by atoms with E-state index in [1.807, 2.05) is 28.9 Å². The molecule has 2 N–H and O–H groups in total. The monoisotopic (exact) mass is 312 g/mol. The average molecular weight is 312 g/mol. The fourth-order valence-electron chi connectivity index (χ4n) is 3.00. The van der Waals surface area contributed by atoms with Crippen LogP contribution in [0.3, 0.4) is 0 Å². The van der Waals surface area contributed by atoms with Crippen molar-refractivity contribution in [3.05, 3.63) is 24.3 Å². The number of piperidine rings is 1. The van der Waals surface area contributed by atoms with E-state index in [4.69, 9.17) is 0 Å². The topological polar surface area (TPSA) is 84.7 Å². The summed E-state index contributed by atoms with van der Waals surface area (Å²) in [5.41, 5.74) is 1.73. The van der Waals surface area contributed by atoms with Crippen molar-refractivity contribution in [2.75, 3.05) is 18.4 Å². The van der Waals surface area contributed by atoms with Crippen LogP contribution in [0.4, 0.5) is 5.69 Å². The Morgan fingerprint density at radius 3 is 3.00 bits per heavy atom. The molecule has 1 saturated carbocycles. The lowest BCUT2D eigenvalue weighted by Crippen LogP contribution is -2.37. The van der Waals surface area contributed by atoms with Gasteiger partial charge in [0.25, 0.3) is 0 Å². The SMILES string of the molecule is O=C(Nc1cccc(-c2nnnn2C2CC2)c1)C1CCCNC1. The van der Waals surface area contributed by atoms with Crippen molar-refractivity contribution in [2.24, 2.45) is 5.92 Å². The second kappa shape index (κ2) is 6.08. The molecule has 23 heavy (non-hydrogen) atoms. The van der Waals surface area contributed by atoms with Crippen molar-refractivity contribution in [1.82, 2.24) is 25.5 Å². The first-order chi connectivity index (χ1) is 11.3. The molecule has 1 unspecified atom stereocenters. The van der Waals surface area contributed by atoms with Crippen molar-refractivity contribution < 1.29 is 4.79 Å². The minimum Gasteiger partial charge on any atom is -0.326 e. The Balaban J connectivity index is 1.51. The maximum atomic E-state index is 12.4. The predicted molar refractivity (Wildman–Crippen MR) is 85.7 cm³/mol. The third-order valence-corrected chi connectivity index (χ3v) is 4.44. The molecule has 1 aliphatic heterocycles. The first-order valence-corrected chi connectivity index (χ1v) is 8.21. The van der Waals surface area contributed by atoms with Gasteiger partial charge in [-0.25, -0.2) is 4.68 Å². The molecule has 120 valence electrons. The molecule has 0 radical (unpaired) electrons. The first-order valence-electron chi connectivity index (χ1n) is 8.21. The largest absolute Gasteiger partial charge is 0.326 e. The van der Waals surface area contributed by atoms with Gasteiger partial charge in [0.1, 0.15) is 0 Å². The van der Waals surface area contributed by atoms with Gasteiger partial charge < -0.3 is 10.6 Å². The fourth-order valence-corrected chi connectivity index (χ4v) is 3.00. The van der Waals surface area contributed by atoms with E-state index in [1.54, 1.807) is 0 Å². The van der Waals surface area contributed by atoms with Gasteiger partial charge in [0.15, 0.2) is 5.82 Å². The molecule has 1 saturated heterocycles. The summed E-state index contributed by atoms with van der Waals surface area (Å²) in [5, 5.41) is 18.3. The van der Waals surface area contributed by atoms with Gasteiger partial charge in [0, 0.05) is 17.8 Å². The lowest BCUT2D eigenvalue weighted by atomic mass is 9.99. The number of aromatic nitrogens is 4. The molecular formula is C16H20N6O. The number of anilines is 1. The summed E-state index contributed by atoms with van der Waals surface area (Å²) >= 11 is 0. The highest BCUT2D eigenvalue weighted by molar-refractivity contribution is 5.93. The number of benzene rings is 1. The highest BCUT2D eigenvalue weighted by atomic mass is 16.1.